The predicted molar refractivity (Wildman–Crippen MR) is 33.4 cm³/mol. The molecule has 1 unspecified atom stereocenters. The van der Waals surface area contributed by atoms with Crippen LogP contribution in [-0.4, -0.2) is 30.9 Å². The van der Waals surface area contributed by atoms with E-state index in [1.807, 2.05) is 0 Å². The third kappa shape index (κ3) is 1.08. The number of carboxylic acid groups (broad SMARTS) is 1. The summed E-state index contributed by atoms with van der Waals surface area (Å²) >= 11 is 0. The Hall–Kier alpha value is -0.505. The van der Waals surface area contributed by atoms with Crippen LogP contribution in [-0.2, 0) is 4.79 Å². The molecule has 0 saturated carbocycles. The van der Waals surface area contributed by atoms with E-state index in [1.165, 1.54) is 0 Å². The molecule has 1 saturated heterocycles. The molecule has 1 rings (SSSR count). The van der Waals surface area contributed by atoms with Gasteiger partial charge in [-0.05, 0) is 19.4 Å². The van der Waals surface area contributed by atoms with Crippen molar-refractivity contribution in [1.29, 1.82) is 0 Å². The molecule has 0 spiro atoms. The Morgan fingerprint density at radius 2 is 2.44 bits per heavy atom. The molecule has 2 radical (unpaired) electrons. The van der Waals surface area contributed by atoms with E-state index in [0.717, 1.165) is 6.42 Å². The molecule has 1 fully saturated rings. The molecule has 48 valence electrons. The zero-order valence-corrected chi connectivity index (χ0v) is 5.05. The van der Waals surface area contributed by atoms with Gasteiger partial charge in [-0.25, -0.2) is 0 Å². The van der Waals surface area contributed by atoms with Crippen LogP contribution in [0.4, 0.5) is 0 Å². The third-order valence-electron chi connectivity index (χ3n) is 1.57. The van der Waals surface area contributed by atoms with Gasteiger partial charge in [-0.1, -0.05) is 0 Å². The van der Waals surface area contributed by atoms with Crippen molar-refractivity contribution < 1.29 is 9.90 Å². The van der Waals surface area contributed by atoms with Crippen molar-refractivity contribution >= 4 is 13.8 Å². The average molecular weight is 125 g/mol. The molecule has 1 aliphatic rings. The molecular formula is C5H8BNO2. The SMILES string of the molecule is [B]C1(C(=O)O)CCCN1. The molecule has 9 heavy (non-hydrogen) atoms. The standard InChI is InChI=1S/C5H8BNO2/c6-5(4(8)9)2-1-3-7-5/h7H,1-3H2,(H,8,9). The zero-order chi connectivity index (χ0) is 6.91. The summed E-state index contributed by atoms with van der Waals surface area (Å²) in [5.41, 5.74) is -1.14. The van der Waals surface area contributed by atoms with Crippen molar-refractivity contribution in [2.45, 2.75) is 18.3 Å². The number of nitrogens with one attached hydrogen (secondary N) is 1. The van der Waals surface area contributed by atoms with Gasteiger partial charge in [0.25, 0.3) is 0 Å². The minimum Gasteiger partial charge on any atom is -0.480 e. The van der Waals surface area contributed by atoms with E-state index < -0.39 is 11.4 Å². The van der Waals surface area contributed by atoms with E-state index in [1.54, 1.807) is 0 Å². The first-order chi connectivity index (χ1) is 4.15. The normalized spacial score (nSPS) is 34.7. The summed E-state index contributed by atoms with van der Waals surface area (Å²) < 4.78 is 0. The largest absolute Gasteiger partial charge is 0.480 e. The van der Waals surface area contributed by atoms with Crippen molar-refractivity contribution in [3.05, 3.63) is 0 Å². The van der Waals surface area contributed by atoms with E-state index in [9.17, 15) is 4.79 Å². The molecule has 1 atom stereocenters. The van der Waals surface area contributed by atoms with Gasteiger partial charge in [0.2, 0.25) is 0 Å². The lowest BCUT2D eigenvalue weighted by atomic mass is 9.77. The Morgan fingerprint density at radius 3 is 2.67 bits per heavy atom. The van der Waals surface area contributed by atoms with Gasteiger partial charge < -0.3 is 10.4 Å². The molecule has 4 heteroatoms. The van der Waals surface area contributed by atoms with E-state index in [-0.39, 0.29) is 0 Å². The van der Waals surface area contributed by atoms with E-state index in [2.05, 4.69) is 5.32 Å². The summed E-state index contributed by atoms with van der Waals surface area (Å²) in [6, 6.07) is 0. The molecule has 0 aliphatic carbocycles. The van der Waals surface area contributed by atoms with Crippen LogP contribution in [0.3, 0.4) is 0 Å². The van der Waals surface area contributed by atoms with Crippen molar-refractivity contribution in [1.82, 2.24) is 5.32 Å². The van der Waals surface area contributed by atoms with Gasteiger partial charge in [-0.3, -0.25) is 4.79 Å². The van der Waals surface area contributed by atoms with E-state index in [4.69, 9.17) is 13.0 Å². The smallest absolute Gasteiger partial charge is 0.314 e. The highest BCUT2D eigenvalue weighted by atomic mass is 16.4. The Morgan fingerprint density at radius 1 is 1.78 bits per heavy atom. The summed E-state index contributed by atoms with van der Waals surface area (Å²) in [7, 11) is 5.39. The molecule has 1 heterocycles. The van der Waals surface area contributed by atoms with Crippen molar-refractivity contribution in [2.75, 3.05) is 6.54 Å². The lowest BCUT2D eigenvalue weighted by Crippen LogP contribution is -2.47. The number of hydrogen-bond donors (Lipinski definition) is 2. The maximum atomic E-state index is 10.3. The number of carbonyl (C=O) groups is 1. The monoisotopic (exact) mass is 125 g/mol. The van der Waals surface area contributed by atoms with Gasteiger partial charge in [0, 0.05) is 0 Å². The predicted octanol–water partition coefficient (Wildman–Crippen LogP) is -0.681. The van der Waals surface area contributed by atoms with Gasteiger partial charge in [0.15, 0.2) is 0 Å². The quantitative estimate of drug-likeness (QED) is 0.456. The Balaban J connectivity index is 2.61. The van der Waals surface area contributed by atoms with Crippen molar-refractivity contribution in [3.63, 3.8) is 0 Å². The highest BCUT2D eigenvalue weighted by molar-refractivity contribution is 6.27. The van der Waals surface area contributed by atoms with Crippen LogP contribution in [0.1, 0.15) is 12.8 Å². The molecule has 0 amide bonds. The molecule has 0 bridgehead atoms. The fraction of sp³-hybridized carbons (Fsp3) is 0.800. The maximum Gasteiger partial charge on any atom is 0.314 e. The lowest BCUT2D eigenvalue weighted by Gasteiger charge is -2.17. The molecule has 0 aromatic heterocycles. The van der Waals surface area contributed by atoms with Gasteiger partial charge in [0.05, 0.1) is 5.44 Å². The Labute approximate surface area is 54.9 Å². The number of rotatable bonds is 1. The fourth-order valence-electron chi connectivity index (χ4n) is 0.950. The summed E-state index contributed by atoms with van der Waals surface area (Å²) in [4.78, 5) is 10.3. The van der Waals surface area contributed by atoms with E-state index >= 15 is 0 Å². The third-order valence-corrected chi connectivity index (χ3v) is 1.57. The van der Waals surface area contributed by atoms with Crippen LogP contribution in [0.25, 0.3) is 0 Å². The highest BCUT2D eigenvalue weighted by Gasteiger charge is 2.34. The van der Waals surface area contributed by atoms with Crippen LogP contribution in [0.15, 0.2) is 0 Å². The topological polar surface area (TPSA) is 49.3 Å². The lowest BCUT2D eigenvalue weighted by molar-refractivity contribution is -0.140. The minimum absolute atomic E-state index is 0.530. The molecule has 1 aliphatic heterocycles. The van der Waals surface area contributed by atoms with Crippen LogP contribution in [0.2, 0.25) is 0 Å². The van der Waals surface area contributed by atoms with Gasteiger partial charge in [0.1, 0.15) is 7.85 Å². The molecule has 0 aromatic carbocycles. The average Bonchev–Trinajstić information content (AvgIpc) is 2.16. The summed E-state index contributed by atoms with van der Waals surface area (Å²) in [5, 5.41) is 11.2. The summed E-state index contributed by atoms with van der Waals surface area (Å²) in [5.74, 6) is -0.958. The number of hydrogen-bond acceptors (Lipinski definition) is 2. The second kappa shape index (κ2) is 2.03. The first-order valence-corrected chi connectivity index (χ1v) is 2.92. The van der Waals surface area contributed by atoms with Gasteiger partial charge in [-0.15, -0.1) is 0 Å². The second-order valence-electron chi connectivity index (χ2n) is 2.31. The van der Waals surface area contributed by atoms with Crippen molar-refractivity contribution in [2.24, 2.45) is 0 Å². The van der Waals surface area contributed by atoms with Crippen LogP contribution < -0.4 is 5.32 Å². The first kappa shape index (κ1) is 6.61. The van der Waals surface area contributed by atoms with Crippen LogP contribution >= 0.6 is 0 Å². The second-order valence-corrected chi connectivity index (χ2v) is 2.31. The summed E-state index contributed by atoms with van der Waals surface area (Å²) in [6.07, 6.45) is 1.38. The highest BCUT2D eigenvalue weighted by Crippen LogP contribution is 2.14. The van der Waals surface area contributed by atoms with Crippen LogP contribution in [0.5, 0.6) is 0 Å². The molecule has 3 nitrogen and oxygen atoms in total. The summed E-state index contributed by atoms with van der Waals surface area (Å²) in [6.45, 7) is 0.711. The molecular weight excluding hydrogens is 117 g/mol. The zero-order valence-electron chi connectivity index (χ0n) is 5.05. The van der Waals surface area contributed by atoms with Gasteiger partial charge in [-0.2, -0.15) is 0 Å². The molecule has 0 aromatic rings. The number of aliphatic carboxylic acids is 1. The Bertz CT molecular complexity index is 131. The van der Waals surface area contributed by atoms with Crippen molar-refractivity contribution in [3.8, 4) is 0 Å². The van der Waals surface area contributed by atoms with Crippen LogP contribution in [0, 0.1) is 0 Å². The number of carboxylic acids is 1. The molecule has 2 N–H and O–H groups in total. The maximum absolute atomic E-state index is 10.3. The Kier molecular flexibility index (Phi) is 1.49. The van der Waals surface area contributed by atoms with Gasteiger partial charge >= 0.3 is 5.97 Å². The van der Waals surface area contributed by atoms with E-state index in [0.29, 0.717) is 13.0 Å². The fourth-order valence-corrected chi connectivity index (χ4v) is 0.950. The minimum atomic E-state index is -1.14. The first-order valence-electron chi connectivity index (χ1n) is 2.92.